The van der Waals surface area contributed by atoms with Crippen molar-refractivity contribution >= 4 is 29.1 Å². The van der Waals surface area contributed by atoms with Gasteiger partial charge in [0.05, 0.1) is 29.8 Å². The lowest BCUT2D eigenvalue weighted by Crippen LogP contribution is -2.25. The fourth-order valence-corrected chi connectivity index (χ4v) is 3.36. The van der Waals surface area contributed by atoms with Gasteiger partial charge in [-0.05, 0) is 32.0 Å². The van der Waals surface area contributed by atoms with Crippen molar-refractivity contribution in [3.8, 4) is 23.0 Å². The van der Waals surface area contributed by atoms with E-state index in [9.17, 15) is 4.79 Å². The summed E-state index contributed by atoms with van der Waals surface area (Å²) in [5.41, 5.74) is 7.26. The summed E-state index contributed by atoms with van der Waals surface area (Å²) in [7, 11) is 1.56. The molecule has 2 aromatic heterocycles. The van der Waals surface area contributed by atoms with E-state index in [1.807, 2.05) is 6.92 Å². The summed E-state index contributed by atoms with van der Waals surface area (Å²) in [5, 5.41) is 3.45. The smallest absolute Gasteiger partial charge is 0.273 e. The van der Waals surface area contributed by atoms with E-state index in [-0.39, 0.29) is 23.9 Å². The number of nitrogens with zero attached hydrogens (tertiary/aromatic N) is 2. The topological polar surface area (TPSA) is 112 Å². The van der Waals surface area contributed by atoms with Crippen LogP contribution in [0.5, 0.6) is 11.5 Å². The zero-order valence-electron chi connectivity index (χ0n) is 17.2. The molecule has 0 saturated carbocycles. The minimum absolute atomic E-state index is 0.0834. The van der Waals surface area contributed by atoms with Crippen molar-refractivity contribution in [3.63, 3.8) is 0 Å². The fourth-order valence-electron chi connectivity index (χ4n) is 2.86. The maximum absolute atomic E-state index is 12.8. The molecule has 1 atom stereocenters. The molecule has 0 fully saturated rings. The van der Waals surface area contributed by atoms with Crippen LogP contribution in [0, 0.1) is 0 Å². The van der Waals surface area contributed by atoms with Crippen LogP contribution >= 0.6 is 23.2 Å². The Morgan fingerprint density at radius 2 is 1.97 bits per heavy atom. The van der Waals surface area contributed by atoms with E-state index in [2.05, 4.69) is 15.3 Å². The van der Waals surface area contributed by atoms with Crippen molar-refractivity contribution in [2.24, 2.45) is 5.73 Å². The van der Waals surface area contributed by atoms with E-state index >= 15 is 0 Å². The number of nitrogens with two attached hydrogens (primary N) is 1. The number of methoxy groups -OCH3 is 1. The van der Waals surface area contributed by atoms with Crippen LogP contribution in [0.15, 0.2) is 35.0 Å². The van der Waals surface area contributed by atoms with Crippen LogP contribution in [0.3, 0.4) is 0 Å². The van der Waals surface area contributed by atoms with Gasteiger partial charge in [0.15, 0.2) is 23.0 Å². The number of halogens is 2. The molecule has 0 unspecified atom stereocenters. The van der Waals surface area contributed by atoms with Gasteiger partial charge >= 0.3 is 0 Å². The third-order valence-corrected chi connectivity index (χ3v) is 5.02. The Bertz CT molecular complexity index is 1060. The van der Waals surface area contributed by atoms with Gasteiger partial charge < -0.3 is 24.9 Å². The average Bonchev–Trinajstić information content (AvgIpc) is 3.19. The van der Waals surface area contributed by atoms with Gasteiger partial charge in [0.2, 0.25) is 5.89 Å². The zero-order chi connectivity index (χ0) is 22.5. The number of carbonyl (C=O) groups excluding carboxylic acids is 1. The lowest BCUT2D eigenvalue weighted by molar-refractivity contribution is 0.0944. The van der Waals surface area contributed by atoms with Gasteiger partial charge in [0.1, 0.15) is 0 Å². The lowest BCUT2D eigenvalue weighted by atomic mass is 10.2. The molecule has 0 saturated heterocycles. The number of rotatable bonds is 8. The second kappa shape index (κ2) is 10.00. The van der Waals surface area contributed by atoms with Crippen LogP contribution in [0.2, 0.25) is 10.0 Å². The third-order valence-electron chi connectivity index (χ3n) is 4.37. The van der Waals surface area contributed by atoms with Gasteiger partial charge in [-0.2, -0.15) is 0 Å². The lowest BCUT2D eigenvalue weighted by Gasteiger charge is -2.09. The molecule has 0 aliphatic heterocycles. The molecule has 3 N–H and O–H groups in total. The molecule has 0 bridgehead atoms. The molecular weight excluding hydrogens is 443 g/mol. The number of nitrogens with one attached hydrogen (secondary N) is 1. The van der Waals surface area contributed by atoms with Crippen LogP contribution in [0.1, 0.15) is 41.7 Å². The molecular formula is C21H22Cl2N4O4. The number of benzene rings is 1. The first kappa shape index (κ1) is 22.9. The van der Waals surface area contributed by atoms with E-state index in [0.29, 0.717) is 39.3 Å². The number of aromatic nitrogens is 2. The van der Waals surface area contributed by atoms with E-state index < -0.39 is 11.9 Å². The molecule has 10 heteroatoms. The molecule has 3 aromatic rings. The van der Waals surface area contributed by atoms with Crippen LogP contribution in [-0.2, 0) is 6.54 Å². The first-order valence-corrected chi connectivity index (χ1v) is 10.2. The van der Waals surface area contributed by atoms with Crippen molar-refractivity contribution in [2.75, 3.05) is 13.7 Å². The zero-order valence-corrected chi connectivity index (χ0v) is 18.8. The maximum Gasteiger partial charge on any atom is 0.273 e. The molecule has 1 aromatic carbocycles. The predicted octanol–water partition coefficient (Wildman–Crippen LogP) is 4.40. The first-order valence-electron chi connectivity index (χ1n) is 9.49. The Morgan fingerprint density at radius 1 is 1.26 bits per heavy atom. The summed E-state index contributed by atoms with van der Waals surface area (Å²) >= 11 is 12.2. The number of hydrogen-bond donors (Lipinski definition) is 2. The summed E-state index contributed by atoms with van der Waals surface area (Å²) < 4.78 is 16.7. The fraction of sp³-hybridized carbons (Fsp3) is 0.286. The SMILES string of the molecule is CCOc1cc(-c2nc(C(=O)NCc3c(Cl)cncc3Cl)c([C@H](C)N)o2)ccc1OC. The second-order valence-corrected chi connectivity index (χ2v) is 7.40. The van der Waals surface area contributed by atoms with Gasteiger partial charge in [-0.3, -0.25) is 9.78 Å². The van der Waals surface area contributed by atoms with Crippen molar-refractivity contribution in [1.29, 1.82) is 0 Å². The highest BCUT2D eigenvalue weighted by molar-refractivity contribution is 6.35. The maximum atomic E-state index is 12.8. The molecule has 0 aliphatic carbocycles. The van der Waals surface area contributed by atoms with Crippen molar-refractivity contribution in [2.45, 2.75) is 26.4 Å². The minimum atomic E-state index is -0.556. The van der Waals surface area contributed by atoms with E-state index in [1.54, 1.807) is 32.2 Å². The number of carbonyl (C=O) groups is 1. The Morgan fingerprint density at radius 3 is 2.58 bits per heavy atom. The van der Waals surface area contributed by atoms with Gasteiger partial charge in [-0.1, -0.05) is 23.2 Å². The largest absolute Gasteiger partial charge is 0.493 e. The number of oxazole rings is 1. The summed E-state index contributed by atoms with van der Waals surface area (Å²) in [6.07, 6.45) is 2.91. The first-order chi connectivity index (χ1) is 14.8. The number of amides is 1. The third kappa shape index (κ3) is 5.10. The number of hydrogen-bond acceptors (Lipinski definition) is 7. The van der Waals surface area contributed by atoms with Gasteiger partial charge in [-0.25, -0.2) is 4.98 Å². The Balaban J connectivity index is 1.90. The van der Waals surface area contributed by atoms with Crippen molar-refractivity contribution in [1.82, 2.24) is 15.3 Å². The molecule has 8 nitrogen and oxygen atoms in total. The normalized spacial score (nSPS) is 11.8. The molecule has 0 radical (unpaired) electrons. The van der Waals surface area contributed by atoms with Crippen LogP contribution in [0.4, 0.5) is 0 Å². The van der Waals surface area contributed by atoms with Crippen LogP contribution < -0.4 is 20.5 Å². The van der Waals surface area contributed by atoms with Crippen LogP contribution in [-0.4, -0.2) is 29.6 Å². The summed E-state index contributed by atoms with van der Waals surface area (Å²) in [4.78, 5) is 21.1. The summed E-state index contributed by atoms with van der Waals surface area (Å²) in [6, 6.07) is 4.68. The number of pyridine rings is 1. The Hall–Kier alpha value is -2.81. The summed E-state index contributed by atoms with van der Waals surface area (Å²) in [5.74, 6) is 1.14. The molecule has 1 amide bonds. The van der Waals surface area contributed by atoms with Crippen molar-refractivity contribution in [3.05, 3.63) is 57.7 Å². The van der Waals surface area contributed by atoms with Crippen LogP contribution in [0.25, 0.3) is 11.5 Å². The van der Waals surface area contributed by atoms with E-state index in [0.717, 1.165) is 0 Å². The number of ether oxygens (including phenoxy) is 2. The van der Waals surface area contributed by atoms with E-state index in [4.69, 9.17) is 42.8 Å². The minimum Gasteiger partial charge on any atom is -0.493 e. The molecule has 0 aliphatic rings. The molecule has 3 rings (SSSR count). The monoisotopic (exact) mass is 464 g/mol. The highest BCUT2D eigenvalue weighted by Crippen LogP contribution is 2.34. The highest BCUT2D eigenvalue weighted by Gasteiger charge is 2.24. The Labute approximate surface area is 189 Å². The average molecular weight is 465 g/mol. The van der Waals surface area contributed by atoms with E-state index in [1.165, 1.54) is 12.4 Å². The quantitative estimate of drug-likeness (QED) is 0.507. The standard InChI is InChI=1S/C21H22Cl2N4O4/c1-4-30-17-7-12(5-6-16(17)29-3)21-27-18(19(31-21)11(2)24)20(28)26-8-13-14(22)9-25-10-15(13)23/h5-7,9-11H,4,8,24H2,1-3H3,(H,26,28)/t11-/m0/s1. The Kier molecular flexibility index (Phi) is 7.37. The van der Waals surface area contributed by atoms with Crippen molar-refractivity contribution < 1.29 is 18.7 Å². The van der Waals surface area contributed by atoms with Gasteiger partial charge in [0.25, 0.3) is 5.91 Å². The second-order valence-electron chi connectivity index (χ2n) is 6.58. The molecule has 31 heavy (non-hydrogen) atoms. The highest BCUT2D eigenvalue weighted by atomic mass is 35.5. The molecule has 2 heterocycles. The van der Waals surface area contributed by atoms with Gasteiger partial charge in [-0.15, -0.1) is 0 Å². The molecule has 164 valence electrons. The predicted molar refractivity (Wildman–Crippen MR) is 118 cm³/mol. The summed E-state index contributed by atoms with van der Waals surface area (Å²) in [6.45, 7) is 4.13. The van der Waals surface area contributed by atoms with Gasteiger partial charge in [0, 0.05) is 30.1 Å². The molecule has 0 spiro atoms.